The maximum absolute atomic E-state index is 11.0. The molecule has 4 nitrogen and oxygen atoms in total. The third kappa shape index (κ3) is 4.03. The van der Waals surface area contributed by atoms with Crippen molar-refractivity contribution < 1.29 is 14.6 Å². The lowest BCUT2D eigenvalue weighted by Crippen LogP contribution is -2.04. The van der Waals surface area contributed by atoms with Gasteiger partial charge in [0.1, 0.15) is 5.75 Å². The van der Waals surface area contributed by atoms with Crippen molar-refractivity contribution in [1.29, 1.82) is 0 Å². The summed E-state index contributed by atoms with van der Waals surface area (Å²) in [5.74, 6) is -0.431. The summed E-state index contributed by atoms with van der Waals surface area (Å²) in [4.78, 5) is 11.0. The number of rotatable bonds is 5. The van der Waals surface area contributed by atoms with E-state index in [2.05, 4.69) is 5.32 Å². The minimum Gasteiger partial charge on any atom is -0.495 e. The molecule has 0 spiro atoms. The molecule has 110 valence electrons. The first-order valence-corrected chi connectivity index (χ1v) is 6.85. The highest BCUT2D eigenvalue weighted by atomic mass is 35.5. The zero-order chi connectivity index (χ0) is 15.4. The predicted octanol–water partition coefficient (Wildman–Crippen LogP) is 4.31. The summed E-state index contributed by atoms with van der Waals surface area (Å²) in [6.45, 7) is 0.444. The molecular weight excluding hydrogens is 313 g/mol. The first kappa shape index (κ1) is 15.5. The zero-order valence-electron chi connectivity index (χ0n) is 11.2. The number of carboxylic acids is 1. The highest BCUT2D eigenvalue weighted by molar-refractivity contribution is 6.34. The third-order valence-electron chi connectivity index (χ3n) is 2.85. The van der Waals surface area contributed by atoms with Crippen molar-refractivity contribution in [3.63, 3.8) is 0 Å². The van der Waals surface area contributed by atoms with E-state index in [1.807, 2.05) is 0 Å². The van der Waals surface area contributed by atoms with E-state index >= 15 is 0 Å². The molecule has 0 aromatic heterocycles. The van der Waals surface area contributed by atoms with Gasteiger partial charge >= 0.3 is 5.97 Å². The van der Waals surface area contributed by atoms with Crippen LogP contribution < -0.4 is 10.1 Å². The molecule has 2 aromatic rings. The molecule has 0 aliphatic carbocycles. The lowest BCUT2D eigenvalue weighted by atomic mass is 10.1. The number of aromatic carboxylic acids is 1. The summed E-state index contributed by atoms with van der Waals surface area (Å²) in [5.41, 5.74) is 1.66. The van der Waals surface area contributed by atoms with Crippen LogP contribution >= 0.6 is 23.2 Å². The molecule has 0 bridgehead atoms. The van der Waals surface area contributed by atoms with Gasteiger partial charge in [0.25, 0.3) is 0 Å². The number of hydrogen-bond acceptors (Lipinski definition) is 3. The van der Waals surface area contributed by atoms with Crippen LogP contribution in [0.2, 0.25) is 10.0 Å². The average molecular weight is 326 g/mol. The Kier molecular flexibility index (Phi) is 4.94. The van der Waals surface area contributed by atoms with E-state index in [0.29, 0.717) is 28.0 Å². The van der Waals surface area contributed by atoms with Gasteiger partial charge in [-0.05, 0) is 42.0 Å². The van der Waals surface area contributed by atoms with Gasteiger partial charge < -0.3 is 15.2 Å². The average Bonchev–Trinajstić information content (AvgIpc) is 2.43. The first-order valence-electron chi connectivity index (χ1n) is 6.10. The van der Waals surface area contributed by atoms with E-state index in [0.717, 1.165) is 5.56 Å². The Morgan fingerprint density at radius 1 is 1.19 bits per heavy atom. The number of methoxy groups -OCH3 is 1. The summed E-state index contributed by atoms with van der Waals surface area (Å²) in [7, 11) is 1.53. The van der Waals surface area contributed by atoms with Crippen LogP contribution in [0.3, 0.4) is 0 Å². The fourth-order valence-electron chi connectivity index (χ4n) is 1.89. The van der Waals surface area contributed by atoms with Gasteiger partial charge in [-0.1, -0.05) is 23.2 Å². The van der Waals surface area contributed by atoms with Gasteiger partial charge in [-0.3, -0.25) is 0 Å². The molecule has 0 radical (unpaired) electrons. The number of anilines is 1. The minimum atomic E-state index is -0.994. The molecule has 21 heavy (non-hydrogen) atoms. The Balaban J connectivity index is 2.21. The van der Waals surface area contributed by atoms with Crippen molar-refractivity contribution in [2.75, 3.05) is 12.4 Å². The first-order chi connectivity index (χ1) is 9.99. The number of hydrogen-bond donors (Lipinski definition) is 2. The van der Waals surface area contributed by atoms with Crippen LogP contribution in [0.5, 0.6) is 5.75 Å². The summed E-state index contributed by atoms with van der Waals surface area (Å²) in [5, 5.41) is 13.2. The van der Waals surface area contributed by atoms with Crippen molar-refractivity contribution in [2.24, 2.45) is 0 Å². The van der Waals surface area contributed by atoms with Gasteiger partial charge in [0.2, 0.25) is 0 Å². The Morgan fingerprint density at radius 2 is 1.86 bits per heavy atom. The summed E-state index contributed by atoms with van der Waals surface area (Å²) >= 11 is 11.9. The van der Waals surface area contributed by atoms with Crippen molar-refractivity contribution in [3.8, 4) is 5.75 Å². The summed E-state index contributed by atoms with van der Waals surface area (Å²) in [6, 6.07) is 9.84. The maximum atomic E-state index is 11.0. The molecule has 0 saturated carbocycles. The highest BCUT2D eigenvalue weighted by Gasteiger charge is 2.09. The Morgan fingerprint density at radius 3 is 2.43 bits per heavy atom. The van der Waals surface area contributed by atoms with Crippen LogP contribution in [0.25, 0.3) is 0 Å². The van der Waals surface area contributed by atoms with Crippen LogP contribution in [-0.2, 0) is 6.54 Å². The molecule has 0 amide bonds. The molecular formula is C15H13Cl2NO3. The zero-order valence-corrected chi connectivity index (χ0v) is 12.7. The lowest BCUT2D eigenvalue weighted by molar-refractivity contribution is 0.0697. The highest BCUT2D eigenvalue weighted by Crippen LogP contribution is 2.27. The Bertz CT molecular complexity index is 654. The van der Waals surface area contributed by atoms with E-state index in [-0.39, 0.29) is 5.56 Å². The second kappa shape index (κ2) is 6.70. The van der Waals surface area contributed by atoms with Crippen molar-refractivity contribution in [3.05, 3.63) is 57.6 Å². The fraction of sp³-hybridized carbons (Fsp3) is 0.133. The van der Waals surface area contributed by atoms with Crippen LogP contribution in [0.15, 0.2) is 36.4 Å². The van der Waals surface area contributed by atoms with Crippen molar-refractivity contribution >= 4 is 34.9 Å². The minimum absolute atomic E-state index is 0.183. The van der Waals surface area contributed by atoms with E-state index in [1.54, 1.807) is 24.3 Å². The lowest BCUT2D eigenvalue weighted by Gasteiger charge is -2.12. The molecule has 0 heterocycles. The Labute approximate surface area is 132 Å². The quantitative estimate of drug-likeness (QED) is 0.859. The molecule has 0 fully saturated rings. The maximum Gasteiger partial charge on any atom is 0.335 e. The summed E-state index contributed by atoms with van der Waals surface area (Å²) < 4.78 is 5.21. The molecule has 0 aliphatic rings. The number of carboxylic acid groups (broad SMARTS) is 1. The largest absolute Gasteiger partial charge is 0.495 e. The standard InChI is InChI=1S/C15H13Cl2NO3/c1-21-14-3-2-10(15(19)20)6-13(14)18-8-9-4-11(16)7-12(17)5-9/h2-7,18H,8H2,1H3,(H,19,20). The second-order valence-electron chi connectivity index (χ2n) is 4.35. The third-order valence-corrected chi connectivity index (χ3v) is 3.29. The number of halogens is 2. The normalized spacial score (nSPS) is 10.2. The Hall–Kier alpha value is -1.91. The monoisotopic (exact) mass is 325 g/mol. The SMILES string of the molecule is COc1ccc(C(=O)O)cc1NCc1cc(Cl)cc(Cl)c1. The van der Waals surface area contributed by atoms with Crippen LogP contribution in [0, 0.1) is 0 Å². The number of nitrogens with one attached hydrogen (secondary N) is 1. The van der Waals surface area contributed by atoms with E-state index < -0.39 is 5.97 Å². The predicted molar refractivity (Wildman–Crippen MR) is 83.7 cm³/mol. The molecule has 0 atom stereocenters. The van der Waals surface area contributed by atoms with Gasteiger partial charge in [0.15, 0.2) is 0 Å². The number of benzene rings is 2. The molecule has 6 heteroatoms. The van der Waals surface area contributed by atoms with E-state index in [9.17, 15) is 4.79 Å². The van der Waals surface area contributed by atoms with Gasteiger partial charge in [-0.25, -0.2) is 4.79 Å². The molecule has 0 unspecified atom stereocenters. The van der Waals surface area contributed by atoms with Crippen LogP contribution in [-0.4, -0.2) is 18.2 Å². The van der Waals surface area contributed by atoms with Gasteiger partial charge in [0, 0.05) is 16.6 Å². The van der Waals surface area contributed by atoms with Crippen molar-refractivity contribution in [1.82, 2.24) is 0 Å². The molecule has 2 rings (SSSR count). The fourth-order valence-corrected chi connectivity index (χ4v) is 2.46. The van der Waals surface area contributed by atoms with E-state index in [4.69, 9.17) is 33.0 Å². The van der Waals surface area contributed by atoms with Gasteiger partial charge in [-0.2, -0.15) is 0 Å². The van der Waals surface area contributed by atoms with Crippen LogP contribution in [0.1, 0.15) is 15.9 Å². The summed E-state index contributed by atoms with van der Waals surface area (Å²) in [6.07, 6.45) is 0. The van der Waals surface area contributed by atoms with Crippen molar-refractivity contribution in [2.45, 2.75) is 6.54 Å². The van der Waals surface area contributed by atoms with Gasteiger partial charge in [0.05, 0.1) is 18.4 Å². The van der Waals surface area contributed by atoms with Gasteiger partial charge in [-0.15, -0.1) is 0 Å². The number of carbonyl (C=O) groups is 1. The molecule has 2 aromatic carbocycles. The smallest absolute Gasteiger partial charge is 0.335 e. The molecule has 0 saturated heterocycles. The van der Waals surface area contributed by atoms with Crippen LogP contribution in [0.4, 0.5) is 5.69 Å². The second-order valence-corrected chi connectivity index (χ2v) is 5.22. The number of ether oxygens (including phenoxy) is 1. The molecule has 0 aliphatic heterocycles. The molecule has 2 N–H and O–H groups in total. The topological polar surface area (TPSA) is 58.6 Å². The van der Waals surface area contributed by atoms with E-state index in [1.165, 1.54) is 19.2 Å².